The first-order valence-corrected chi connectivity index (χ1v) is 7.17. The highest BCUT2D eigenvalue weighted by Gasteiger charge is 2.09. The summed E-state index contributed by atoms with van der Waals surface area (Å²) < 4.78 is 2.06. The fourth-order valence-electron chi connectivity index (χ4n) is 1.93. The smallest absolute Gasteiger partial charge is 0.168 e. The van der Waals surface area contributed by atoms with Gasteiger partial charge in [0.25, 0.3) is 0 Å². The maximum absolute atomic E-state index is 9.40. The lowest BCUT2D eigenvalue weighted by atomic mass is 10.1. The standard InChI is InChI=1S/C15H18N2OS/c1-3-7-19-15-16-9-14(11-18)17(15)10-13-6-4-5-12(2)8-13/h3-6,8-9,18H,1,7,10-11H2,2H3. The fraction of sp³-hybridized carbons (Fsp3) is 0.267. The first-order valence-electron chi connectivity index (χ1n) is 6.19. The van der Waals surface area contributed by atoms with E-state index in [-0.39, 0.29) is 6.61 Å². The molecule has 100 valence electrons. The molecule has 1 heterocycles. The molecule has 4 heteroatoms. The lowest BCUT2D eigenvalue weighted by molar-refractivity contribution is 0.270. The molecule has 0 bridgehead atoms. The zero-order valence-electron chi connectivity index (χ0n) is 11.0. The van der Waals surface area contributed by atoms with Crippen LogP contribution < -0.4 is 0 Å². The second kappa shape index (κ2) is 6.59. The van der Waals surface area contributed by atoms with Crippen molar-refractivity contribution in [3.63, 3.8) is 0 Å². The number of rotatable bonds is 6. The molecule has 2 aromatic rings. The zero-order chi connectivity index (χ0) is 13.7. The Balaban J connectivity index is 2.26. The molecule has 0 atom stereocenters. The molecular formula is C15H18N2OS. The molecule has 19 heavy (non-hydrogen) atoms. The van der Waals surface area contributed by atoms with Crippen LogP contribution in [0.1, 0.15) is 16.8 Å². The summed E-state index contributed by atoms with van der Waals surface area (Å²) in [5.74, 6) is 0.815. The summed E-state index contributed by atoms with van der Waals surface area (Å²) in [4.78, 5) is 4.36. The van der Waals surface area contributed by atoms with Crippen LogP contribution in [0, 0.1) is 6.92 Å². The van der Waals surface area contributed by atoms with Gasteiger partial charge in [-0.1, -0.05) is 47.7 Å². The van der Waals surface area contributed by atoms with Crippen LogP contribution in [0.4, 0.5) is 0 Å². The van der Waals surface area contributed by atoms with Gasteiger partial charge in [-0.25, -0.2) is 4.98 Å². The third kappa shape index (κ3) is 3.49. The second-order valence-electron chi connectivity index (χ2n) is 4.37. The minimum absolute atomic E-state index is 0.00741. The Labute approximate surface area is 118 Å². The SMILES string of the molecule is C=CCSc1ncc(CO)n1Cc1cccc(C)c1. The van der Waals surface area contributed by atoms with E-state index < -0.39 is 0 Å². The highest BCUT2D eigenvalue weighted by molar-refractivity contribution is 7.99. The molecule has 1 aromatic heterocycles. The molecule has 0 spiro atoms. The molecule has 0 unspecified atom stereocenters. The number of aliphatic hydroxyl groups excluding tert-OH is 1. The molecule has 1 aromatic carbocycles. The summed E-state index contributed by atoms with van der Waals surface area (Å²) in [6.45, 7) is 6.54. The minimum Gasteiger partial charge on any atom is -0.390 e. The van der Waals surface area contributed by atoms with E-state index in [4.69, 9.17) is 0 Å². The van der Waals surface area contributed by atoms with Gasteiger partial charge in [0.1, 0.15) is 0 Å². The third-order valence-corrected chi connectivity index (χ3v) is 3.80. The van der Waals surface area contributed by atoms with Gasteiger partial charge >= 0.3 is 0 Å². The first-order chi connectivity index (χ1) is 9.24. The predicted molar refractivity (Wildman–Crippen MR) is 79.4 cm³/mol. The van der Waals surface area contributed by atoms with Crippen molar-refractivity contribution in [2.45, 2.75) is 25.2 Å². The molecule has 2 rings (SSSR count). The zero-order valence-corrected chi connectivity index (χ0v) is 11.9. The van der Waals surface area contributed by atoms with Crippen LogP contribution in [0.15, 0.2) is 48.3 Å². The number of hydrogen-bond donors (Lipinski definition) is 1. The van der Waals surface area contributed by atoms with E-state index in [0.717, 1.165) is 23.1 Å². The number of thioether (sulfide) groups is 1. The van der Waals surface area contributed by atoms with Crippen molar-refractivity contribution in [1.82, 2.24) is 9.55 Å². The molecule has 0 saturated heterocycles. The maximum atomic E-state index is 9.40. The van der Waals surface area contributed by atoms with Crippen LogP contribution in [0.25, 0.3) is 0 Å². The second-order valence-corrected chi connectivity index (χ2v) is 5.35. The number of aromatic nitrogens is 2. The normalized spacial score (nSPS) is 10.6. The molecule has 0 amide bonds. The van der Waals surface area contributed by atoms with E-state index in [9.17, 15) is 5.11 Å². The van der Waals surface area contributed by atoms with E-state index in [1.54, 1.807) is 18.0 Å². The first kappa shape index (κ1) is 13.9. The highest BCUT2D eigenvalue weighted by Crippen LogP contribution is 2.20. The van der Waals surface area contributed by atoms with Gasteiger partial charge in [-0.05, 0) is 12.5 Å². The van der Waals surface area contributed by atoms with E-state index >= 15 is 0 Å². The number of benzene rings is 1. The Kier molecular flexibility index (Phi) is 4.82. The molecule has 0 saturated carbocycles. The van der Waals surface area contributed by atoms with Crippen LogP contribution in [0.3, 0.4) is 0 Å². The average molecular weight is 274 g/mol. The largest absolute Gasteiger partial charge is 0.390 e. The lowest BCUT2D eigenvalue weighted by Gasteiger charge is -2.10. The lowest BCUT2D eigenvalue weighted by Crippen LogP contribution is -2.06. The van der Waals surface area contributed by atoms with Gasteiger partial charge < -0.3 is 9.67 Å². The summed E-state index contributed by atoms with van der Waals surface area (Å²) in [6.07, 6.45) is 3.59. The van der Waals surface area contributed by atoms with Crippen LogP contribution >= 0.6 is 11.8 Å². The fourth-order valence-corrected chi connectivity index (χ4v) is 2.66. The molecule has 0 aliphatic heterocycles. The topological polar surface area (TPSA) is 38.1 Å². The third-order valence-electron chi connectivity index (χ3n) is 2.82. The molecule has 0 aliphatic rings. The van der Waals surface area contributed by atoms with Crippen LogP contribution in [-0.2, 0) is 13.2 Å². The number of imidazole rings is 1. The van der Waals surface area contributed by atoms with Gasteiger partial charge in [0.15, 0.2) is 5.16 Å². The highest BCUT2D eigenvalue weighted by atomic mass is 32.2. The van der Waals surface area contributed by atoms with Crippen molar-refractivity contribution in [2.24, 2.45) is 0 Å². The number of hydrogen-bond acceptors (Lipinski definition) is 3. The van der Waals surface area contributed by atoms with Gasteiger partial charge in [0.05, 0.1) is 18.5 Å². The molecule has 3 nitrogen and oxygen atoms in total. The van der Waals surface area contributed by atoms with Crippen LogP contribution in [-0.4, -0.2) is 20.4 Å². The van der Waals surface area contributed by atoms with Gasteiger partial charge in [-0.3, -0.25) is 0 Å². The van der Waals surface area contributed by atoms with E-state index in [1.165, 1.54) is 11.1 Å². The number of aliphatic hydroxyl groups is 1. The van der Waals surface area contributed by atoms with Gasteiger partial charge in [0, 0.05) is 12.3 Å². The summed E-state index contributed by atoms with van der Waals surface area (Å²) in [5, 5.41) is 10.3. The Morgan fingerprint density at radius 1 is 1.47 bits per heavy atom. The van der Waals surface area contributed by atoms with Crippen molar-refractivity contribution >= 4 is 11.8 Å². The average Bonchev–Trinajstić information content (AvgIpc) is 2.78. The Hall–Kier alpha value is -1.52. The summed E-state index contributed by atoms with van der Waals surface area (Å²) >= 11 is 1.63. The Bertz CT molecular complexity index is 563. The van der Waals surface area contributed by atoms with Crippen molar-refractivity contribution in [2.75, 3.05) is 5.75 Å². The van der Waals surface area contributed by atoms with Crippen molar-refractivity contribution in [3.8, 4) is 0 Å². The molecule has 0 fully saturated rings. The van der Waals surface area contributed by atoms with Crippen molar-refractivity contribution < 1.29 is 5.11 Å². The van der Waals surface area contributed by atoms with Crippen LogP contribution in [0.2, 0.25) is 0 Å². The van der Waals surface area contributed by atoms with E-state index in [2.05, 4.69) is 47.3 Å². The monoisotopic (exact) mass is 274 g/mol. The van der Waals surface area contributed by atoms with E-state index in [1.807, 2.05) is 6.08 Å². The predicted octanol–water partition coefficient (Wildman–Crippen LogP) is 3.01. The van der Waals surface area contributed by atoms with Crippen molar-refractivity contribution in [3.05, 3.63) is 59.9 Å². The molecule has 1 N–H and O–H groups in total. The quantitative estimate of drug-likeness (QED) is 0.650. The van der Waals surface area contributed by atoms with Gasteiger partial charge in [-0.15, -0.1) is 6.58 Å². The van der Waals surface area contributed by atoms with Gasteiger partial charge in [-0.2, -0.15) is 0 Å². The number of nitrogens with zero attached hydrogens (tertiary/aromatic N) is 2. The summed E-state index contributed by atoms with van der Waals surface area (Å²) in [7, 11) is 0. The maximum Gasteiger partial charge on any atom is 0.168 e. The molecule has 0 aliphatic carbocycles. The van der Waals surface area contributed by atoms with Crippen molar-refractivity contribution in [1.29, 1.82) is 0 Å². The van der Waals surface area contributed by atoms with E-state index in [0.29, 0.717) is 0 Å². The Morgan fingerprint density at radius 3 is 3.00 bits per heavy atom. The summed E-state index contributed by atoms with van der Waals surface area (Å²) in [6, 6.07) is 8.38. The minimum atomic E-state index is 0.00741. The van der Waals surface area contributed by atoms with Gasteiger partial charge in [0.2, 0.25) is 0 Å². The summed E-state index contributed by atoms with van der Waals surface area (Å²) in [5.41, 5.74) is 3.30. The Morgan fingerprint density at radius 2 is 2.32 bits per heavy atom. The molecule has 0 radical (unpaired) electrons. The molecular weight excluding hydrogens is 256 g/mol. The number of aryl methyl sites for hydroxylation is 1. The van der Waals surface area contributed by atoms with Crippen LogP contribution in [0.5, 0.6) is 0 Å².